The highest BCUT2D eigenvalue weighted by atomic mass is 35.5. The molecule has 0 aromatic heterocycles. The van der Waals surface area contributed by atoms with Crippen molar-refractivity contribution in [3.05, 3.63) is 34.6 Å². The van der Waals surface area contributed by atoms with Crippen molar-refractivity contribution in [1.29, 1.82) is 0 Å². The second kappa shape index (κ2) is 6.18. The summed E-state index contributed by atoms with van der Waals surface area (Å²) in [5.74, 6) is -0.154. The summed E-state index contributed by atoms with van der Waals surface area (Å²) in [5.41, 5.74) is 0.585. The van der Waals surface area contributed by atoms with Gasteiger partial charge in [-0.2, -0.15) is 0 Å². The Morgan fingerprint density at radius 1 is 1.44 bits per heavy atom. The second-order valence-electron chi connectivity index (χ2n) is 4.07. The van der Waals surface area contributed by atoms with Crippen molar-refractivity contribution in [3.8, 4) is 0 Å². The van der Waals surface area contributed by atoms with Gasteiger partial charge in [0.1, 0.15) is 5.82 Å². The van der Waals surface area contributed by atoms with E-state index in [0.29, 0.717) is 17.1 Å². The van der Waals surface area contributed by atoms with Gasteiger partial charge in [0.15, 0.2) is 0 Å². The molecule has 0 bridgehead atoms. The average Bonchev–Trinajstić information content (AvgIpc) is 2.26. The first-order valence-corrected chi connectivity index (χ1v) is 5.70. The summed E-state index contributed by atoms with van der Waals surface area (Å²) in [6.07, 6.45) is 0. The molecule has 2 nitrogen and oxygen atoms in total. The highest BCUT2D eigenvalue weighted by Gasteiger charge is 2.11. The van der Waals surface area contributed by atoms with E-state index in [0.717, 1.165) is 0 Å². The summed E-state index contributed by atoms with van der Waals surface area (Å²) < 4.78 is 13.4. The van der Waals surface area contributed by atoms with Crippen molar-refractivity contribution in [1.82, 2.24) is 5.32 Å². The Kier molecular flexibility index (Phi) is 5.19. The highest BCUT2D eigenvalue weighted by Crippen LogP contribution is 2.14. The van der Waals surface area contributed by atoms with Crippen molar-refractivity contribution in [3.63, 3.8) is 0 Å². The second-order valence-corrected chi connectivity index (χ2v) is 4.50. The van der Waals surface area contributed by atoms with Gasteiger partial charge in [0.2, 0.25) is 0 Å². The van der Waals surface area contributed by atoms with Crippen LogP contribution in [0.2, 0.25) is 5.02 Å². The Morgan fingerprint density at radius 2 is 2.12 bits per heavy atom. The Bertz CT molecular complexity index is 346. The summed E-state index contributed by atoms with van der Waals surface area (Å²) in [7, 11) is 0. The Balaban J connectivity index is 2.54. The van der Waals surface area contributed by atoms with Crippen LogP contribution in [0.1, 0.15) is 19.4 Å². The van der Waals surface area contributed by atoms with E-state index in [1.54, 1.807) is 12.1 Å². The zero-order valence-corrected chi connectivity index (χ0v) is 10.3. The number of hydrogen-bond acceptors (Lipinski definition) is 2. The lowest BCUT2D eigenvalue weighted by atomic mass is 10.0. The molecule has 90 valence electrons. The minimum Gasteiger partial charge on any atom is -0.396 e. The minimum absolute atomic E-state index is 0.122. The van der Waals surface area contributed by atoms with Gasteiger partial charge in [0.25, 0.3) is 0 Å². The number of aliphatic hydroxyl groups is 1. The fourth-order valence-corrected chi connectivity index (χ4v) is 1.45. The van der Waals surface area contributed by atoms with E-state index in [1.165, 1.54) is 6.07 Å². The van der Waals surface area contributed by atoms with Crippen LogP contribution < -0.4 is 5.32 Å². The molecule has 1 rings (SSSR count). The van der Waals surface area contributed by atoms with Gasteiger partial charge in [0.05, 0.1) is 0 Å². The molecule has 2 N–H and O–H groups in total. The number of aliphatic hydroxyl groups excluding tert-OH is 1. The molecule has 2 atom stereocenters. The molecule has 0 fully saturated rings. The Morgan fingerprint density at radius 3 is 2.69 bits per heavy atom. The van der Waals surface area contributed by atoms with E-state index in [4.69, 9.17) is 16.7 Å². The smallest absolute Gasteiger partial charge is 0.129 e. The number of rotatable bonds is 5. The molecule has 0 heterocycles. The number of nitrogens with one attached hydrogen (secondary N) is 1. The molecule has 0 aliphatic carbocycles. The van der Waals surface area contributed by atoms with Crippen LogP contribution in [0.4, 0.5) is 4.39 Å². The Labute approximate surface area is 100 Å². The van der Waals surface area contributed by atoms with Crippen LogP contribution in [-0.4, -0.2) is 17.8 Å². The zero-order chi connectivity index (χ0) is 12.1. The van der Waals surface area contributed by atoms with Crippen molar-refractivity contribution in [2.45, 2.75) is 26.4 Å². The van der Waals surface area contributed by atoms with Gasteiger partial charge in [0, 0.05) is 29.8 Å². The van der Waals surface area contributed by atoms with Crippen LogP contribution in [-0.2, 0) is 6.54 Å². The maximum atomic E-state index is 13.4. The third-order valence-corrected chi connectivity index (χ3v) is 3.01. The van der Waals surface area contributed by atoms with Crippen LogP contribution >= 0.6 is 11.6 Å². The SMILES string of the molecule is CC(CO)C(C)NCc1ccc(Cl)cc1F. The third kappa shape index (κ3) is 3.74. The van der Waals surface area contributed by atoms with E-state index in [2.05, 4.69) is 5.32 Å². The predicted molar refractivity (Wildman–Crippen MR) is 64.0 cm³/mol. The first-order valence-electron chi connectivity index (χ1n) is 5.32. The van der Waals surface area contributed by atoms with Crippen molar-refractivity contribution >= 4 is 11.6 Å². The van der Waals surface area contributed by atoms with E-state index in [-0.39, 0.29) is 24.4 Å². The molecule has 0 saturated carbocycles. The van der Waals surface area contributed by atoms with Gasteiger partial charge in [-0.3, -0.25) is 0 Å². The van der Waals surface area contributed by atoms with Gasteiger partial charge in [-0.1, -0.05) is 24.6 Å². The van der Waals surface area contributed by atoms with Gasteiger partial charge >= 0.3 is 0 Å². The maximum Gasteiger partial charge on any atom is 0.129 e. The van der Waals surface area contributed by atoms with Crippen LogP contribution in [0.15, 0.2) is 18.2 Å². The fraction of sp³-hybridized carbons (Fsp3) is 0.500. The normalized spacial score (nSPS) is 14.8. The van der Waals surface area contributed by atoms with Crippen LogP contribution in [0.3, 0.4) is 0 Å². The molecule has 0 aliphatic heterocycles. The molecule has 1 aromatic rings. The molecule has 0 radical (unpaired) electrons. The molecule has 1 aromatic carbocycles. The largest absolute Gasteiger partial charge is 0.396 e. The quantitative estimate of drug-likeness (QED) is 0.836. The first-order chi connectivity index (χ1) is 7.54. The molecule has 0 aliphatic rings. The third-order valence-electron chi connectivity index (χ3n) is 2.77. The lowest BCUT2D eigenvalue weighted by Crippen LogP contribution is -2.33. The van der Waals surface area contributed by atoms with Crippen LogP contribution in [0, 0.1) is 11.7 Å². The first kappa shape index (κ1) is 13.4. The predicted octanol–water partition coefficient (Wildman–Crippen LogP) is 2.59. The van der Waals surface area contributed by atoms with E-state index < -0.39 is 0 Å². The number of halogens is 2. The zero-order valence-electron chi connectivity index (χ0n) is 9.50. The molecular formula is C12H17ClFNO. The van der Waals surface area contributed by atoms with E-state index >= 15 is 0 Å². The highest BCUT2D eigenvalue weighted by molar-refractivity contribution is 6.30. The molecule has 2 unspecified atom stereocenters. The van der Waals surface area contributed by atoms with Crippen LogP contribution in [0.25, 0.3) is 0 Å². The molecule has 0 amide bonds. The molecule has 16 heavy (non-hydrogen) atoms. The average molecular weight is 246 g/mol. The van der Waals surface area contributed by atoms with Crippen molar-refractivity contribution in [2.24, 2.45) is 5.92 Å². The van der Waals surface area contributed by atoms with Gasteiger partial charge in [-0.15, -0.1) is 0 Å². The minimum atomic E-state index is -0.302. The number of hydrogen-bond donors (Lipinski definition) is 2. The lowest BCUT2D eigenvalue weighted by Gasteiger charge is -2.19. The summed E-state index contributed by atoms with van der Waals surface area (Å²) in [6, 6.07) is 4.78. The van der Waals surface area contributed by atoms with Crippen molar-refractivity contribution < 1.29 is 9.50 Å². The molecule has 0 spiro atoms. The monoisotopic (exact) mass is 245 g/mol. The number of benzene rings is 1. The van der Waals surface area contributed by atoms with Gasteiger partial charge < -0.3 is 10.4 Å². The molecule has 0 saturated heterocycles. The van der Waals surface area contributed by atoms with Crippen molar-refractivity contribution in [2.75, 3.05) is 6.61 Å². The maximum absolute atomic E-state index is 13.4. The Hall–Kier alpha value is -0.640. The summed E-state index contributed by atoms with van der Waals surface area (Å²) in [4.78, 5) is 0. The lowest BCUT2D eigenvalue weighted by molar-refractivity contribution is 0.207. The van der Waals surface area contributed by atoms with Gasteiger partial charge in [-0.05, 0) is 25.0 Å². The topological polar surface area (TPSA) is 32.3 Å². The van der Waals surface area contributed by atoms with E-state index in [9.17, 15) is 4.39 Å². The fourth-order valence-electron chi connectivity index (χ4n) is 1.30. The molecule has 4 heteroatoms. The summed E-state index contributed by atoms with van der Waals surface area (Å²) in [5, 5.41) is 12.5. The summed E-state index contributed by atoms with van der Waals surface area (Å²) in [6.45, 7) is 4.47. The molecular weight excluding hydrogens is 229 g/mol. The van der Waals surface area contributed by atoms with Gasteiger partial charge in [-0.25, -0.2) is 4.39 Å². The van der Waals surface area contributed by atoms with E-state index in [1.807, 2.05) is 13.8 Å². The van der Waals surface area contributed by atoms with Crippen LogP contribution in [0.5, 0.6) is 0 Å². The summed E-state index contributed by atoms with van der Waals surface area (Å²) >= 11 is 5.66. The standard InChI is InChI=1S/C12H17ClFNO/c1-8(7-16)9(2)15-6-10-3-4-11(13)5-12(10)14/h3-5,8-9,15-16H,6-7H2,1-2H3.